The molecule has 2 rings (SSSR count). The van der Waals surface area contributed by atoms with Crippen LogP contribution in [0.4, 0.5) is 5.82 Å². The van der Waals surface area contributed by atoms with Gasteiger partial charge in [0.05, 0.1) is 6.20 Å². The van der Waals surface area contributed by atoms with Crippen molar-refractivity contribution in [3.05, 3.63) is 18.5 Å². The summed E-state index contributed by atoms with van der Waals surface area (Å²) in [4.78, 5) is 0. The summed E-state index contributed by atoms with van der Waals surface area (Å²) in [6, 6.07) is 1.70. The molecule has 0 aliphatic carbocycles. The van der Waals surface area contributed by atoms with Crippen LogP contribution in [0.3, 0.4) is 0 Å². The van der Waals surface area contributed by atoms with Gasteiger partial charge in [-0.25, -0.2) is 4.68 Å². The summed E-state index contributed by atoms with van der Waals surface area (Å²) in [6.45, 7) is 0. The normalized spacial score (nSPS) is 10.4. The Kier molecular flexibility index (Phi) is 1.33. The van der Waals surface area contributed by atoms with E-state index >= 15 is 0 Å². The zero-order valence-corrected chi connectivity index (χ0v) is 6.55. The number of nitrogens with two attached hydrogens (primary N) is 1. The molecule has 2 aromatic heterocycles. The zero-order valence-electron chi connectivity index (χ0n) is 6.55. The quantitative estimate of drug-likeness (QED) is 0.621. The molecule has 0 aromatic carbocycles. The highest BCUT2D eigenvalue weighted by Crippen LogP contribution is 2.02. The third kappa shape index (κ3) is 1.03. The van der Waals surface area contributed by atoms with Crippen molar-refractivity contribution in [2.24, 2.45) is 7.05 Å². The first kappa shape index (κ1) is 6.84. The van der Waals surface area contributed by atoms with Gasteiger partial charge >= 0.3 is 0 Å². The van der Waals surface area contributed by atoms with Crippen molar-refractivity contribution in [3.63, 3.8) is 0 Å². The molecule has 0 amide bonds. The topological polar surface area (TPSA) is 74.5 Å². The molecule has 0 saturated carbocycles. The van der Waals surface area contributed by atoms with Crippen LogP contribution in [0.5, 0.6) is 0 Å². The molecule has 0 radical (unpaired) electrons. The Balaban J connectivity index is 2.43. The lowest BCUT2D eigenvalue weighted by atomic mass is 10.6. The van der Waals surface area contributed by atoms with Crippen molar-refractivity contribution in [1.29, 1.82) is 0 Å². The second-order valence-corrected chi connectivity index (χ2v) is 2.44. The molecule has 0 bridgehead atoms. The molecule has 0 aliphatic rings. The van der Waals surface area contributed by atoms with Crippen molar-refractivity contribution in [2.75, 3.05) is 5.73 Å². The number of hydrogen-bond acceptors (Lipinski definition) is 4. The van der Waals surface area contributed by atoms with Crippen LogP contribution in [0.1, 0.15) is 0 Å². The number of hydrogen-bond donors (Lipinski definition) is 1. The molecule has 0 spiro atoms. The van der Waals surface area contributed by atoms with Gasteiger partial charge in [-0.15, -0.1) is 10.2 Å². The minimum atomic E-state index is 0.473. The maximum atomic E-state index is 5.44. The van der Waals surface area contributed by atoms with Crippen molar-refractivity contribution >= 4 is 5.82 Å². The standard InChI is InChI=1S/C6H8N6/c1-11-4-6(8-10-11)12-3-2-5(7)9-12/h2-4H,1H3,(H2,7,9). The van der Waals surface area contributed by atoms with E-state index in [2.05, 4.69) is 15.4 Å². The Bertz CT molecular complexity index is 348. The van der Waals surface area contributed by atoms with Gasteiger partial charge in [0.1, 0.15) is 5.82 Å². The number of aryl methyl sites for hydroxylation is 1. The Labute approximate surface area is 68.6 Å². The molecule has 2 aromatic rings. The second kappa shape index (κ2) is 2.33. The molecule has 0 unspecified atom stereocenters. The van der Waals surface area contributed by atoms with Crippen molar-refractivity contribution in [3.8, 4) is 5.82 Å². The molecule has 12 heavy (non-hydrogen) atoms. The molecule has 2 heterocycles. The van der Waals surface area contributed by atoms with Gasteiger partial charge in [0, 0.05) is 19.3 Å². The molecule has 0 aliphatic heterocycles. The Hall–Kier alpha value is -1.85. The molecule has 6 nitrogen and oxygen atoms in total. The summed E-state index contributed by atoms with van der Waals surface area (Å²) in [5.41, 5.74) is 5.44. The molecular formula is C6H8N6. The lowest BCUT2D eigenvalue weighted by Gasteiger charge is -1.90. The first-order valence-corrected chi connectivity index (χ1v) is 3.43. The molecular weight excluding hydrogens is 156 g/mol. The van der Waals surface area contributed by atoms with Crippen molar-refractivity contribution in [1.82, 2.24) is 24.8 Å². The van der Waals surface area contributed by atoms with Gasteiger partial charge in [-0.1, -0.05) is 5.21 Å². The molecule has 0 atom stereocenters. The van der Waals surface area contributed by atoms with E-state index < -0.39 is 0 Å². The second-order valence-electron chi connectivity index (χ2n) is 2.44. The van der Waals surface area contributed by atoms with E-state index in [1.165, 1.54) is 0 Å². The molecule has 2 N–H and O–H groups in total. The third-order valence-electron chi connectivity index (χ3n) is 1.43. The number of anilines is 1. The summed E-state index contributed by atoms with van der Waals surface area (Å²) in [5.74, 6) is 1.13. The highest BCUT2D eigenvalue weighted by molar-refractivity contribution is 5.28. The summed E-state index contributed by atoms with van der Waals surface area (Å²) in [6.07, 6.45) is 3.49. The fourth-order valence-electron chi connectivity index (χ4n) is 0.906. The van der Waals surface area contributed by atoms with Gasteiger partial charge in [-0.05, 0) is 0 Å². The van der Waals surface area contributed by atoms with Gasteiger partial charge in [0.2, 0.25) is 0 Å². The van der Waals surface area contributed by atoms with Crippen LogP contribution in [0.2, 0.25) is 0 Å². The lowest BCUT2D eigenvalue weighted by Crippen LogP contribution is -1.96. The maximum Gasteiger partial charge on any atom is 0.195 e. The Morgan fingerprint density at radius 3 is 2.83 bits per heavy atom. The first-order chi connectivity index (χ1) is 5.75. The molecule has 0 saturated heterocycles. The van der Waals surface area contributed by atoms with Gasteiger partial charge < -0.3 is 5.73 Å². The summed E-state index contributed by atoms with van der Waals surface area (Å²) in [5, 5.41) is 11.6. The van der Waals surface area contributed by atoms with Gasteiger partial charge in [-0.3, -0.25) is 4.68 Å². The Morgan fingerprint density at radius 2 is 2.33 bits per heavy atom. The van der Waals surface area contributed by atoms with E-state index in [0.717, 1.165) is 0 Å². The van der Waals surface area contributed by atoms with Gasteiger partial charge in [-0.2, -0.15) is 0 Å². The number of rotatable bonds is 1. The monoisotopic (exact) mass is 164 g/mol. The zero-order chi connectivity index (χ0) is 8.55. The lowest BCUT2D eigenvalue weighted by molar-refractivity contribution is 0.712. The van der Waals surface area contributed by atoms with Crippen molar-refractivity contribution in [2.45, 2.75) is 0 Å². The SMILES string of the molecule is Cn1cc(-n2ccc(N)n2)nn1. The van der Waals surface area contributed by atoms with E-state index in [1.807, 2.05) is 0 Å². The van der Waals surface area contributed by atoms with Gasteiger partial charge in [0.25, 0.3) is 0 Å². The third-order valence-corrected chi connectivity index (χ3v) is 1.43. The predicted molar refractivity (Wildman–Crippen MR) is 42.5 cm³/mol. The average Bonchev–Trinajstić information content (AvgIpc) is 2.58. The van der Waals surface area contributed by atoms with Crippen LogP contribution < -0.4 is 5.73 Å². The highest BCUT2D eigenvalue weighted by atomic mass is 15.5. The van der Waals surface area contributed by atoms with E-state index in [9.17, 15) is 0 Å². The fraction of sp³-hybridized carbons (Fsp3) is 0.167. The summed E-state index contributed by atoms with van der Waals surface area (Å²) < 4.78 is 3.18. The number of nitrogen functional groups attached to an aromatic ring is 1. The van der Waals surface area contributed by atoms with Crippen LogP contribution in [-0.2, 0) is 7.05 Å². The predicted octanol–water partition coefficient (Wildman–Crippen LogP) is -0.417. The average molecular weight is 164 g/mol. The minimum absolute atomic E-state index is 0.473. The van der Waals surface area contributed by atoms with Crippen LogP contribution in [0, 0.1) is 0 Å². The first-order valence-electron chi connectivity index (χ1n) is 3.43. The largest absolute Gasteiger partial charge is 0.382 e. The van der Waals surface area contributed by atoms with E-state index in [-0.39, 0.29) is 0 Å². The van der Waals surface area contributed by atoms with Crippen molar-refractivity contribution < 1.29 is 0 Å². The van der Waals surface area contributed by atoms with E-state index in [0.29, 0.717) is 11.6 Å². The number of aromatic nitrogens is 5. The van der Waals surface area contributed by atoms with E-state index in [1.54, 1.807) is 34.9 Å². The summed E-state index contributed by atoms with van der Waals surface area (Å²) >= 11 is 0. The number of nitrogens with zero attached hydrogens (tertiary/aromatic N) is 5. The van der Waals surface area contributed by atoms with Crippen LogP contribution in [0.25, 0.3) is 5.82 Å². The Morgan fingerprint density at radius 1 is 1.50 bits per heavy atom. The van der Waals surface area contributed by atoms with Crippen LogP contribution in [0.15, 0.2) is 18.5 Å². The fourth-order valence-corrected chi connectivity index (χ4v) is 0.906. The van der Waals surface area contributed by atoms with Crippen LogP contribution in [-0.4, -0.2) is 24.8 Å². The minimum Gasteiger partial charge on any atom is -0.382 e. The molecule has 6 heteroatoms. The highest BCUT2D eigenvalue weighted by Gasteiger charge is 2.01. The molecule has 0 fully saturated rings. The van der Waals surface area contributed by atoms with Crippen LogP contribution >= 0.6 is 0 Å². The van der Waals surface area contributed by atoms with Gasteiger partial charge in [0.15, 0.2) is 5.82 Å². The smallest absolute Gasteiger partial charge is 0.195 e. The van der Waals surface area contributed by atoms with E-state index in [4.69, 9.17) is 5.73 Å². The maximum absolute atomic E-state index is 5.44. The summed E-state index contributed by atoms with van der Waals surface area (Å²) in [7, 11) is 1.79. The molecule has 62 valence electrons.